The highest BCUT2D eigenvalue weighted by Crippen LogP contribution is 2.46. The Labute approximate surface area is 147 Å². The maximum atomic E-state index is 6.19. The molecule has 3 aromatic carbocycles. The lowest BCUT2D eigenvalue weighted by atomic mass is 9.90. The molecule has 5 rings (SSSR count). The van der Waals surface area contributed by atoms with Crippen LogP contribution in [0.1, 0.15) is 30.6 Å². The SMILES string of the molecule is CCC1OCc2c(-c3ccccc3)cc3c(c21)c1ccccc1n3C. The Morgan fingerprint density at radius 2 is 1.76 bits per heavy atom. The highest BCUT2D eigenvalue weighted by atomic mass is 16.5. The van der Waals surface area contributed by atoms with Crippen molar-refractivity contribution in [3.63, 3.8) is 0 Å². The zero-order chi connectivity index (χ0) is 17.0. The molecule has 1 unspecified atom stereocenters. The molecule has 0 saturated heterocycles. The third-order valence-electron chi connectivity index (χ3n) is 5.56. The molecule has 0 spiro atoms. The van der Waals surface area contributed by atoms with Gasteiger partial charge < -0.3 is 9.30 Å². The first-order chi connectivity index (χ1) is 12.3. The van der Waals surface area contributed by atoms with Gasteiger partial charge in [0.15, 0.2) is 0 Å². The first kappa shape index (κ1) is 14.7. The summed E-state index contributed by atoms with van der Waals surface area (Å²) in [6.45, 7) is 2.92. The van der Waals surface area contributed by atoms with E-state index in [0.717, 1.165) is 6.42 Å². The second-order valence-electron chi connectivity index (χ2n) is 6.86. The second-order valence-corrected chi connectivity index (χ2v) is 6.86. The van der Waals surface area contributed by atoms with Crippen LogP contribution in [-0.2, 0) is 18.4 Å². The van der Waals surface area contributed by atoms with Crippen molar-refractivity contribution in [2.75, 3.05) is 0 Å². The number of ether oxygens (including phenoxy) is 1. The van der Waals surface area contributed by atoms with Gasteiger partial charge in [-0.15, -0.1) is 0 Å². The summed E-state index contributed by atoms with van der Waals surface area (Å²) in [4.78, 5) is 0. The molecule has 1 aromatic heterocycles. The van der Waals surface area contributed by atoms with Crippen molar-refractivity contribution in [1.82, 2.24) is 4.57 Å². The van der Waals surface area contributed by atoms with Crippen molar-refractivity contribution in [3.05, 3.63) is 71.8 Å². The molecule has 124 valence electrons. The largest absolute Gasteiger partial charge is 0.369 e. The lowest BCUT2D eigenvalue weighted by Crippen LogP contribution is -1.96. The summed E-state index contributed by atoms with van der Waals surface area (Å²) in [7, 11) is 2.17. The van der Waals surface area contributed by atoms with Crippen LogP contribution in [0.4, 0.5) is 0 Å². The zero-order valence-corrected chi connectivity index (χ0v) is 14.6. The Bertz CT molecular complexity index is 1090. The van der Waals surface area contributed by atoms with E-state index in [1.165, 1.54) is 44.1 Å². The summed E-state index contributed by atoms with van der Waals surface area (Å²) in [6.07, 6.45) is 1.19. The van der Waals surface area contributed by atoms with Gasteiger partial charge in [0.1, 0.15) is 0 Å². The van der Waals surface area contributed by atoms with E-state index in [4.69, 9.17) is 4.74 Å². The second kappa shape index (κ2) is 5.47. The van der Waals surface area contributed by atoms with E-state index >= 15 is 0 Å². The highest BCUT2D eigenvalue weighted by molar-refractivity contribution is 6.11. The van der Waals surface area contributed by atoms with Crippen LogP contribution in [0.25, 0.3) is 32.9 Å². The molecule has 25 heavy (non-hydrogen) atoms. The number of nitrogens with zero attached hydrogens (tertiary/aromatic N) is 1. The molecule has 0 bridgehead atoms. The monoisotopic (exact) mass is 327 g/mol. The number of para-hydroxylation sites is 1. The van der Waals surface area contributed by atoms with Crippen LogP contribution in [-0.4, -0.2) is 4.57 Å². The Kier molecular flexibility index (Phi) is 3.22. The lowest BCUT2D eigenvalue weighted by Gasteiger charge is -2.13. The molecular formula is C23H21NO. The molecular weight excluding hydrogens is 306 g/mol. The van der Waals surface area contributed by atoms with Crippen LogP contribution in [0.15, 0.2) is 60.7 Å². The quantitative estimate of drug-likeness (QED) is 0.442. The number of benzene rings is 3. The van der Waals surface area contributed by atoms with Crippen molar-refractivity contribution in [2.24, 2.45) is 7.05 Å². The molecule has 1 aliphatic heterocycles. The van der Waals surface area contributed by atoms with Crippen LogP contribution in [0, 0.1) is 0 Å². The van der Waals surface area contributed by atoms with Crippen LogP contribution in [0.3, 0.4) is 0 Å². The minimum Gasteiger partial charge on any atom is -0.369 e. The Morgan fingerprint density at radius 3 is 2.56 bits per heavy atom. The van der Waals surface area contributed by atoms with Crippen molar-refractivity contribution in [3.8, 4) is 11.1 Å². The average molecular weight is 327 g/mol. The van der Waals surface area contributed by atoms with E-state index in [1.807, 2.05) is 0 Å². The third-order valence-corrected chi connectivity index (χ3v) is 5.56. The summed E-state index contributed by atoms with van der Waals surface area (Å²) in [5.41, 5.74) is 7.92. The van der Waals surface area contributed by atoms with E-state index in [9.17, 15) is 0 Å². The van der Waals surface area contributed by atoms with Gasteiger partial charge >= 0.3 is 0 Å². The number of rotatable bonds is 2. The topological polar surface area (TPSA) is 14.2 Å². The number of aromatic nitrogens is 1. The zero-order valence-electron chi connectivity index (χ0n) is 14.6. The molecule has 0 amide bonds. The molecule has 0 N–H and O–H groups in total. The third kappa shape index (κ3) is 2.01. The predicted octanol–water partition coefficient (Wildman–Crippen LogP) is 5.98. The van der Waals surface area contributed by atoms with Gasteiger partial charge in [-0.3, -0.25) is 0 Å². The van der Waals surface area contributed by atoms with Crippen molar-refractivity contribution in [2.45, 2.75) is 26.1 Å². The molecule has 2 heteroatoms. The minimum atomic E-state index is 0.187. The van der Waals surface area contributed by atoms with Gasteiger partial charge in [0.25, 0.3) is 0 Å². The fourth-order valence-corrected chi connectivity index (χ4v) is 4.36. The molecule has 1 atom stereocenters. The van der Waals surface area contributed by atoms with Crippen molar-refractivity contribution >= 4 is 21.8 Å². The lowest BCUT2D eigenvalue weighted by molar-refractivity contribution is 0.0644. The van der Waals surface area contributed by atoms with Gasteiger partial charge in [-0.1, -0.05) is 55.5 Å². The normalized spacial score (nSPS) is 16.6. The van der Waals surface area contributed by atoms with E-state index in [1.54, 1.807) is 0 Å². The molecule has 1 aliphatic rings. The number of hydrogen-bond acceptors (Lipinski definition) is 1. The molecule has 0 radical (unpaired) electrons. The van der Waals surface area contributed by atoms with E-state index in [0.29, 0.717) is 6.61 Å². The van der Waals surface area contributed by atoms with Gasteiger partial charge in [0.2, 0.25) is 0 Å². The number of hydrogen-bond donors (Lipinski definition) is 0. The first-order valence-electron chi connectivity index (χ1n) is 8.99. The van der Waals surface area contributed by atoms with E-state index in [-0.39, 0.29) is 6.10 Å². The maximum absolute atomic E-state index is 6.19. The standard InChI is InChI=1S/C23H21NO/c1-3-21-23-18(14-25-21)17(15-9-5-4-6-10-15)13-20-22(23)16-11-7-8-12-19(16)24(20)2/h4-13,21H,3,14H2,1-2H3. The van der Waals surface area contributed by atoms with Crippen molar-refractivity contribution < 1.29 is 4.74 Å². The van der Waals surface area contributed by atoms with Gasteiger partial charge in [-0.25, -0.2) is 0 Å². The van der Waals surface area contributed by atoms with Gasteiger partial charge in [0.05, 0.1) is 12.7 Å². The Hall–Kier alpha value is -2.58. The van der Waals surface area contributed by atoms with E-state index < -0.39 is 0 Å². The summed E-state index contributed by atoms with van der Waals surface area (Å²) in [5.74, 6) is 0. The van der Waals surface area contributed by atoms with Gasteiger partial charge in [-0.2, -0.15) is 0 Å². The van der Waals surface area contributed by atoms with Gasteiger partial charge in [-0.05, 0) is 40.8 Å². The average Bonchev–Trinajstić information content (AvgIpc) is 3.22. The van der Waals surface area contributed by atoms with Crippen LogP contribution in [0.5, 0.6) is 0 Å². The minimum absolute atomic E-state index is 0.187. The smallest absolute Gasteiger partial charge is 0.0837 e. The number of aryl methyl sites for hydroxylation is 1. The molecule has 0 aliphatic carbocycles. The predicted molar refractivity (Wildman–Crippen MR) is 104 cm³/mol. The van der Waals surface area contributed by atoms with Gasteiger partial charge in [0, 0.05) is 28.9 Å². The summed E-state index contributed by atoms with van der Waals surface area (Å²) < 4.78 is 8.51. The molecule has 2 nitrogen and oxygen atoms in total. The van der Waals surface area contributed by atoms with E-state index in [2.05, 4.69) is 79.2 Å². The summed E-state index contributed by atoms with van der Waals surface area (Å²) in [5, 5.41) is 2.71. The van der Waals surface area contributed by atoms with Crippen LogP contribution in [0.2, 0.25) is 0 Å². The first-order valence-corrected chi connectivity index (χ1v) is 8.99. The van der Waals surface area contributed by atoms with Crippen LogP contribution >= 0.6 is 0 Å². The Morgan fingerprint density at radius 1 is 1.00 bits per heavy atom. The molecule has 0 fully saturated rings. The molecule has 4 aromatic rings. The fourth-order valence-electron chi connectivity index (χ4n) is 4.36. The fraction of sp³-hybridized carbons (Fsp3) is 0.217. The summed E-state index contributed by atoms with van der Waals surface area (Å²) in [6, 6.07) is 21.7. The summed E-state index contributed by atoms with van der Waals surface area (Å²) >= 11 is 0. The number of fused-ring (bicyclic) bond motifs is 5. The molecule has 2 heterocycles. The Balaban J connectivity index is 1.97. The maximum Gasteiger partial charge on any atom is 0.0837 e. The molecule has 0 saturated carbocycles. The highest BCUT2D eigenvalue weighted by Gasteiger charge is 2.29. The van der Waals surface area contributed by atoms with Crippen LogP contribution < -0.4 is 0 Å². The van der Waals surface area contributed by atoms with Crippen molar-refractivity contribution in [1.29, 1.82) is 0 Å².